The molecule has 0 heterocycles. The fourth-order valence-corrected chi connectivity index (χ4v) is 0.504. The van der Waals surface area contributed by atoms with Gasteiger partial charge in [-0.25, -0.2) is 0 Å². The van der Waals surface area contributed by atoms with Crippen LogP contribution in [0.3, 0.4) is 0 Å². The molecule has 1 heteroatoms. The normalized spacial score (nSPS) is 12.0. The Morgan fingerprint density at radius 1 is 1.30 bits per heavy atom. The smallest absolute Gasteiger partial charge is 0.0834 e. The lowest BCUT2D eigenvalue weighted by molar-refractivity contribution is 0.101. The molecule has 0 aromatic heterocycles. The van der Waals surface area contributed by atoms with E-state index in [4.69, 9.17) is 4.74 Å². The van der Waals surface area contributed by atoms with Crippen LogP contribution in [0.2, 0.25) is 0 Å². The highest BCUT2D eigenvalue weighted by Gasteiger charge is 2.14. The molecule has 0 saturated heterocycles. The van der Waals surface area contributed by atoms with Gasteiger partial charge in [-0.05, 0) is 18.3 Å². The quantitative estimate of drug-likeness (QED) is 0.537. The molecule has 0 spiro atoms. The van der Waals surface area contributed by atoms with Crippen LogP contribution in [0.25, 0.3) is 0 Å². The molecule has 1 nitrogen and oxygen atoms in total. The fourth-order valence-electron chi connectivity index (χ4n) is 0.504. The SMILES string of the molecule is CC[CH]OCC(C)(C)CC. The van der Waals surface area contributed by atoms with Crippen molar-refractivity contribution in [3.05, 3.63) is 6.61 Å². The predicted octanol–water partition coefficient (Wildman–Crippen LogP) is 3.01. The van der Waals surface area contributed by atoms with Crippen LogP contribution in [0.4, 0.5) is 0 Å². The maximum Gasteiger partial charge on any atom is 0.0834 e. The van der Waals surface area contributed by atoms with Crippen LogP contribution in [0.15, 0.2) is 0 Å². The summed E-state index contributed by atoms with van der Waals surface area (Å²) in [6.07, 6.45) is 2.17. The van der Waals surface area contributed by atoms with Crippen LogP contribution < -0.4 is 0 Å². The molecular weight excluding hydrogens is 124 g/mol. The van der Waals surface area contributed by atoms with Crippen molar-refractivity contribution in [1.29, 1.82) is 0 Å². The molecule has 0 atom stereocenters. The molecule has 0 saturated carbocycles. The lowest BCUT2D eigenvalue weighted by Gasteiger charge is -2.21. The van der Waals surface area contributed by atoms with E-state index in [2.05, 4.69) is 27.7 Å². The lowest BCUT2D eigenvalue weighted by atomic mass is 9.92. The van der Waals surface area contributed by atoms with Crippen LogP contribution in [0.1, 0.15) is 40.5 Å². The maximum atomic E-state index is 5.31. The monoisotopic (exact) mass is 143 g/mol. The highest BCUT2D eigenvalue weighted by molar-refractivity contribution is 4.65. The summed E-state index contributed by atoms with van der Waals surface area (Å²) in [5.41, 5.74) is 0.339. The first-order chi connectivity index (χ1) is 4.62. The van der Waals surface area contributed by atoms with Crippen molar-refractivity contribution in [2.45, 2.75) is 40.5 Å². The third kappa shape index (κ3) is 4.80. The van der Waals surface area contributed by atoms with Gasteiger partial charge in [-0.2, -0.15) is 0 Å². The fraction of sp³-hybridized carbons (Fsp3) is 0.889. The molecule has 1 radical (unpaired) electrons. The third-order valence-electron chi connectivity index (χ3n) is 1.72. The molecule has 0 amide bonds. The molecule has 0 aromatic carbocycles. The Bertz CT molecular complexity index is 76.8. The van der Waals surface area contributed by atoms with E-state index in [-0.39, 0.29) is 0 Å². The largest absolute Gasteiger partial charge is 0.375 e. The van der Waals surface area contributed by atoms with Crippen LogP contribution in [-0.4, -0.2) is 6.61 Å². The van der Waals surface area contributed by atoms with E-state index in [0.29, 0.717) is 5.41 Å². The minimum atomic E-state index is 0.339. The molecule has 0 bridgehead atoms. The van der Waals surface area contributed by atoms with Crippen molar-refractivity contribution in [2.24, 2.45) is 5.41 Å². The third-order valence-corrected chi connectivity index (χ3v) is 1.72. The van der Waals surface area contributed by atoms with Crippen molar-refractivity contribution in [3.8, 4) is 0 Å². The van der Waals surface area contributed by atoms with Crippen molar-refractivity contribution in [2.75, 3.05) is 6.61 Å². The minimum Gasteiger partial charge on any atom is -0.375 e. The Morgan fingerprint density at radius 3 is 2.30 bits per heavy atom. The van der Waals surface area contributed by atoms with Crippen LogP contribution >= 0.6 is 0 Å². The lowest BCUT2D eigenvalue weighted by Crippen LogP contribution is -2.16. The number of hydrogen-bond donors (Lipinski definition) is 0. The zero-order chi connectivity index (χ0) is 8.04. The summed E-state index contributed by atoms with van der Waals surface area (Å²) in [7, 11) is 0. The van der Waals surface area contributed by atoms with E-state index in [1.54, 1.807) is 0 Å². The Morgan fingerprint density at radius 2 is 1.90 bits per heavy atom. The van der Waals surface area contributed by atoms with Gasteiger partial charge in [-0.3, -0.25) is 0 Å². The molecule has 0 aliphatic rings. The summed E-state index contributed by atoms with van der Waals surface area (Å²) in [5.74, 6) is 0. The summed E-state index contributed by atoms with van der Waals surface area (Å²) in [6.45, 7) is 11.4. The van der Waals surface area contributed by atoms with E-state index in [1.807, 2.05) is 6.61 Å². The van der Waals surface area contributed by atoms with Gasteiger partial charge in [0.05, 0.1) is 13.2 Å². The Labute approximate surface area is 64.8 Å². The van der Waals surface area contributed by atoms with Gasteiger partial charge in [0.1, 0.15) is 0 Å². The highest BCUT2D eigenvalue weighted by Crippen LogP contribution is 2.19. The number of ether oxygens (including phenoxy) is 1. The molecular formula is C9H19O. The second-order valence-corrected chi connectivity index (χ2v) is 3.40. The van der Waals surface area contributed by atoms with Crippen molar-refractivity contribution >= 4 is 0 Å². The molecule has 0 aliphatic carbocycles. The van der Waals surface area contributed by atoms with Gasteiger partial charge in [0, 0.05) is 0 Å². The Kier molecular flexibility index (Phi) is 4.71. The molecule has 0 N–H and O–H groups in total. The molecule has 61 valence electrons. The van der Waals surface area contributed by atoms with Gasteiger partial charge in [-0.1, -0.05) is 27.7 Å². The topological polar surface area (TPSA) is 9.23 Å². The Hall–Kier alpha value is -0.0400. The standard InChI is InChI=1S/C9H19O/c1-5-7-10-8-9(3,4)6-2/h7H,5-6,8H2,1-4H3. The van der Waals surface area contributed by atoms with Crippen LogP contribution in [-0.2, 0) is 4.74 Å². The Balaban J connectivity index is 3.28. The summed E-state index contributed by atoms with van der Waals surface area (Å²) in [6, 6.07) is 0. The van der Waals surface area contributed by atoms with Gasteiger partial charge in [0.25, 0.3) is 0 Å². The second kappa shape index (κ2) is 4.73. The van der Waals surface area contributed by atoms with Gasteiger partial charge < -0.3 is 4.74 Å². The zero-order valence-electron chi connectivity index (χ0n) is 7.61. The molecule has 0 rings (SSSR count). The van der Waals surface area contributed by atoms with Crippen LogP contribution in [0, 0.1) is 12.0 Å². The van der Waals surface area contributed by atoms with Crippen molar-refractivity contribution in [3.63, 3.8) is 0 Å². The molecule has 0 aromatic rings. The number of rotatable bonds is 5. The van der Waals surface area contributed by atoms with Crippen LogP contribution in [0.5, 0.6) is 0 Å². The average molecular weight is 143 g/mol. The van der Waals surface area contributed by atoms with Crippen molar-refractivity contribution in [1.82, 2.24) is 0 Å². The van der Waals surface area contributed by atoms with Gasteiger partial charge >= 0.3 is 0 Å². The minimum absolute atomic E-state index is 0.339. The average Bonchev–Trinajstić information content (AvgIpc) is 1.89. The number of hydrogen-bond acceptors (Lipinski definition) is 1. The second-order valence-electron chi connectivity index (χ2n) is 3.40. The first kappa shape index (κ1) is 9.96. The van der Waals surface area contributed by atoms with Gasteiger partial charge in [-0.15, -0.1) is 0 Å². The van der Waals surface area contributed by atoms with E-state index in [9.17, 15) is 0 Å². The molecule has 10 heavy (non-hydrogen) atoms. The maximum absolute atomic E-state index is 5.31. The van der Waals surface area contributed by atoms with Gasteiger partial charge in [0.15, 0.2) is 0 Å². The first-order valence-electron chi connectivity index (χ1n) is 4.05. The van der Waals surface area contributed by atoms with Crippen molar-refractivity contribution < 1.29 is 4.74 Å². The first-order valence-corrected chi connectivity index (χ1v) is 4.05. The highest BCUT2D eigenvalue weighted by atomic mass is 16.5. The summed E-state index contributed by atoms with van der Waals surface area (Å²) >= 11 is 0. The van der Waals surface area contributed by atoms with E-state index < -0.39 is 0 Å². The summed E-state index contributed by atoms with van der Waals surface area (Å²) < 4.78 is 5.31. The van der Waals surface area contributed by atoms with E-state index >= 15 is 0 Å². The molecule has 0 aliphatic heterocycles. The zero-order valence-corrected chi connectivity index (χ0v) is 7.61. The molecule has 0 fully saturated rings. The van der Waals surface area contributed by atoms with E-state index in [1.165, 1.54) is 6.42 Å². The summed E-state index contributed by atoms with van der Waals surface area (Å²) in [5, 5.41) is 0. The molecule has 0 unspecified atom stereocenters. The predicted molar refractivity (Wildman–Crippen MR) is 44.6 cm³/mol. The van der Waals surface area contributed by atoms with E-state index in [0.717, 1.165) is 13.0 Å². The van der Waals surface area contributed by atoms with Gasteiger partial charge in [0.2, 0.25) is 0 Å². The summed E-state index contributed by atoms with van der Waals surface area (Å²) in [4.78, 5) is 0.